The number of anilines is 2. The lowest BCUT2D eigenvalue weighted by atomic mass is 10.1. The van der Waals surface area contributed by atoms with Gasteiger partial charge < -0.3 is 47.7 Å². The normalized spacial score (nSPS) is 27.4. The van der Waals surface area contributed by atoms with Crippen molar-refractivity contribution in [2.45, 2.75) is 110 Å². The fourth-order valence-corrected chi connectivity index (χ4v) is 5.31. The van der Waals surface area contributed by atoms with Gasteiger partial charge in [0.25, 0.3) is 0 Å². The summed E-state index contributed by atoms with van der Waals surface area (Å²) in [6.45, 7) is 20.7. The van der Waals surface area contributed by atoms with Crippen molar-refractivity contribution in [3.63, 3.8) is 0 Å². The molecule has 1 aromatic rings. The Morgan fingerprint density at radius 1 is 0.439 bits per heavy atom. The van der Waals surface area contributed by atoms with Gasteiger partial charge in [0, 0.05) is 0 Å². The van der Waals surface area contributed by atoms with Gasteiger partial charge in [0.1, 0.15) is 5.82 Å². The highest BCUT2D eigenvalue weighted by Gasteiger charge is 2.42. The van der Waals surface area contributed by atoms with Crippen molar-refractivity contribution in [1.82, 2.24) is 15.0 Å². The van der Waals surface area contributed by atoms with Crippen LogP contribution in [0.1, 0.15) is 61.2 Å². The number of hydrogen-bond donors (Lipinski definition) is 0. The van der Waals surface area contributed by atoms with Gasteiger partial charge in [0.05, 0.1) is 77.0 Å². The Bertz CT molecular complexity index is 896. The highest BCUT2D eigenvalue weighted by molar-refractivity contribution is 5.43. The van der Waals surface area contributed by atoms with E-state index in [0.717, 1.165) is 0 Å². The maximum Gasteiger partial charge on any atom is 0.231 e. The molecule has 0 unspecified atom stereocenters. The Balaban J connectivity index is 1.49. The van der Waals surface area contributed by atoms with Crippen LogP contribution in [-0.4, -0.2) is 115 Å². The van der Waals surface area contributed by atoms with Crippen LogP contribution in [0.5, 0.6) is 0 Å². The molecular formula is C28H47N5O8. The molecule has 0 amide bonds. The molecule has 0 saturated carbocycles. The fraction of sp³-hybridized carbons (Fsp3) is 0.893. The number of rotatable bonds is 6. The maximum atomic E-state index is 6.06. The minimum Gasteiger partial charge on any atom is -0.348 e. The van der Waals surface area contributed by atoms with Crippen LogP contribution in [0.3, 0.4) is 0 Å². The average Bonchev–Trinajstić information content (AvgIpc) is 2.88. The van der Waals surface area contributed by atoms with E-state index < -0.39 is 23.1 Å². The first-order valence-corrected chi connectivity index (χ1v) is 14.5. The molecule has 4 aliphatic heterocycles. The number of hydrogen-bond acceptors (Lipinski definition) is 13. The number of ether oxygens (including phenoxy) is 8. The van der Waals surface area contributed by atoms with Crippen molar-refractivity contribution in [1.29, 1.82) is 0 Å². The standard InChI is InChI=1S/C28H47N5O8/c1-18-29-23(32(19-10-34-25(2,3)35-11-19)20-12-36-26(4,5)37-13-20)31-24(30-18)33(21-14-38-27(6,7)39-15-21)22-16-40-28(8,9)41-17-22/h19-22H,10-17H2,1-9H3. The third-order valence-corrected chi connectivity index (χ3v) is 7.75. The molecular weight excluding hydrogens is 534 g/mol. The molecule has 41 heavy (non-hydrogen) atoms. The molecule has 1 aromatic heterocycles. The molecule has 0 bridgehead atoms. The molecule has 5 heterocycles. The summed E-state index contributed by atoms with van der Waals surface area (Å²) in [7, 11) is 0. The van der Waals surface area contributed by atoms with E-state index in [1.54, 1.807) is 0 Å². The Kier molecular flexibility index (Phi) is 8.56. The zero-order chi connectivity index (χ0) is 29.6. The number of nitrogens with zero attached hydrogens (tertiary/aromatic N) is 5. The van der Waals surface area contributed by atoms with Crippen LogP contribution >= 0.6 is 0 Å². The lowest BCUT2D eigenvalue weighted by Crippen LogP contribution is -2.60. The van der Waals surface area contributed by atoms with E-state index in [0.29, 0.717) is 70.6 Å². The van der Waals surface area contributed by atoms with Crippen LogP contribution in [0.15, 0.2) is 0 Å². The third kappa shape index (κ3) is 7.45. The molecule has 5 rings (SSSR count). The summed E-state index contributed by atoms with van der Waals surface area (Å²) in [5.74, 6) is -1.07. The first-order chi connectivity index (χ1) is 19.1. The SMILES string of the molecule is Cc1nc(N(C2COC(C)(C)OC2)C2COC(C)(C)OC2)nc(N(C2COC(C)(C)OC2)C2COC(C)(C)OC2)n1. The summed E-state index contributed by atoms with van der Waals surface area (Å²) >= 11 is 0. The molecule has 0 spiro atoms. The zero-order valence-electron chi connectivity index (χ0n) is 26.0. The first-order valence-electron chi connectivity index (χ1n) is 14.5. The second kappa shape index (κ2) is 11.4. The average molecular weight is 582 g/mol. The van der Waals surface area contributed by atoms with Gasteiger partial charge in [0.15, 0.2) is 23.1 Å². The third-order valence-electron chi connectivity index (χ3n) is 7.75. The van der Waals surface area contributed by atoms with Gasteiger partial charge >= 0.3 is 0 Å². The minimum atomic E-state index is -0.662. The van der Waals surface area contributed by atoms with Gasteiger partial charge in [-0.25, -0.2) is 0 Å². The fourth-order valence-electron chi connectivity index (χ4n) is 5.31. The molecule has 4 fully saturated rings. The van der Waals surface area contributed by atoms with E-state index in [1.165, 1.54) is 0 Å². The second-order valence-electron chi connectivity index (χ2n) is 13.0. The monoisotopic (exact) mass is 581 g/mol. The number of aromatic nitrogens is 3. The van der Waals surface area contributed by atoms with Gasteiger partial charge in [0.2, 0.25) is 11.9 Å². The van der Waals surface area contributed by atoms with E-state index in [2.05, 4.69) is 9.80 Å². The van der Waals surface area contributed by atoms with Gasteiger partial charge in [-0.05, 0) is 62.3 Å². The molecule has 13 nitrogen and oxygen atoms in total. The lowest BCUT2D eigenvalue weighted by molar-refractivity contribution is -0.262. The molecule has 0 N–H and O–H groups in total. The lowest BCUT2D eigenvalue weighted by Gasteiger charge is -2.47. The predicted molar refractivity (Wildman–Crippen MR) is 149 cm³/mol. The van der Waals surface area contributed by atoms with Crippen LogP contribution in [0.2, 0.25) is 0 Å². The van der Waals surface area contributed by atoms with Crippen LogP contribution in [0.4, 0.5) is 11.9 Å². The summed E-state index contributed by atoms with van der Waals surface area (Å²) < 4.78 is 48.4. The first kappa shape index (κ1) is 30.7. The maximum absolute atomic E-state index is 6.06. The molecule has 232 valence electrons. The predicted octanol–water partition coefficient (Wildman–Crippen LogP) is 2.40. The van der Waals surface area contributed by atoms with Crippen LogP contribution < -0.4 is 9.80 Å². The topological polar surface area (TPSA) is 119 Å². The quantitative estimate of drug-likeness (QED) is 0.490. The van der Waals surface area contributed by atoms with Crippen LogP contribution in [-0.2, 0) is 37.9 Å². The van der Waals surface area contributed by atoms with Crippen molar-refractivity contribution in [2.24, 2.45) is 0 Å². The van der Waals surface area contributed by atoms with Gasteiger partial charge in [-0.1, -0.05) is 0 Å². The summed E-state index contributed by atoms with van der Waals surface area (Å²) in [6, 6.07) is -0.634. The molecule has 13 heteroatoms. The van der Waals surface area contributed by atoms with Gasteiger partial charge in [-0.3, -0.25) is 0 Å². The summed E-state index contributed by atoms with van der Waals surface area (Å²) in [5.41, 5.74) is 0. The Hall–Kier alpha value is -1.71. The largest absolute Gasteiger partial charge is 0.348 e. The van der Waals surface area contributed by atoms with Crippen LogP contribution in [0, 0.1) is 6.92 Å². The molecule has 4 saturated heterocycles. The minimum absolute atomic E-state index is 0.158. The van der Waals surface area contributed by atoms with Gasteiger partial charge in [-0.2, -0.15) is 15.0 Å². The number of aryl methyl sites for hydroxylation is 1. The van der Waals surface area contributed by atoms with Crippen molar-refractivity contribution in [3.8, 4) is 0 Å². The van der Waals surface area contributed by atoms with E-state index in [9.17, 15) is 0 Å². The molecule has 0 aliphatic carbocycles. The van der Waals surface area contributed by atoms with E-state index in [1.807, 2.05) is 62.3 Å². The summed E-state index contributed by atoms with van der Waals surface area (Å²) in [4.78, 5) is 18.9. The van der Waals surface area contributed by atoms with Crippen molar-refractivity contribution in [3.05, 3.63) is 5.82 Å². The smallest absolute Gasteiger partial charge is 0.231 e. The van der Waals surface area contributed by atoms with Crippen LogP contribution in [0.25, 0.3) is 0 Å². The molecule has 0 aromatic carbocycles. The Morgan fingerprint density at radius 3 is 0.878 bits per heavy atom. The molecule has 0 atom stereocenters. The zero-order valence-corrected chi connectivity index (χ0v) is 26.0. The van der Waals surface area contributed by atoms with E-state index in [4.69, 9.17) is 52.8 Å². The van der Waals surface area contributed by atoms with Crippen molar-refractivity contribution < 1.29 is 37.9 Å². The molecule has 0 radical (unpaired) electrons. The highest BCUT2D eigenvalue weighted by Crippen LogP contribution is 2.32. The second-order valence-corrected chi connectivity index (χ2v) is 13.0. The Morgan fingerprint density at radius 2 is 0.659 bits per heavy atom. The van der Waals surface area contributed by atoms with Crippen molar-refractivity contribution in [2.75, 3.05) is 62.7 Å². The Labute approximate surface area is 243 Å². The van der Waals surface area contributed by atoms with Gasteiger partial charge in [-0.15, -0.1) is 0 Å². The molecule has 4 aliphatic rings. The highest BCUT2D eigenvalue weighted by atomic mass is 16.7. The van der Waals surface area contributed by atoms with E-state index >= 15 is 0 Å². The summed E-state index contributed by atoms with van der Waals surface area (Å²) in [6.07, 6.45) is 0. The van der Waals surface area contributed by atoms with E-state index in [-0.39, 0.29) is 24.2 Å². The van der Waals surface area contributed by atoms with Crippen molar-refractivity contribution >= 4 is 11.9 Å². The summed E-state index contributed by atoms with van der Waals surface area (Å²) in [5, 5.41) is 0.